The molecular weight excluding hydrogens is 268 g/mol. The van der Waals surface area contributed by atoms with Crippen LogP contribution in [0.2, 0.25) is 0 Å². The van der Waals surface area contributed by atoms with Crippen LogP contribution in [0.1, 0.15) is 18.5 Å². The van der Waals surface area contributed by atoms with Gasteiger partial charge in [-0.05, 0) is 17.7 Å². The summed E-state index contributed by atoms with van der Waals surface area (Å²) >= 11 is 0. The summed E-state index contributed by atoms with van der Waals surface area (Å²) in [5.74, 6) is -3.83. The van der Waals surface area contributed by atoms with Crippen molar-refractivity contribution in [1.82, 2.24) is 0 Å². The van der Waals surface area contributed by atoms with Crippen LogP contribution in [0, 0.1) is 0 Å². The molecule has 18 heavy (non-hydrogen) atoms. The van der Waals surface area contributed by atoms with Gasteiger partial charge in [0.25, 0.3) is 5.92 Å². The van der Waals surface area contributed by atoms with Crippen molar-refractivity contribution < 1.29 is 23.4 Å². The highest BCUT2D eigenvalue weighted by Crippen LogP contribution is 2.30. The van der Waals surface area contributed by atoms with Crippen LogP contribution >= 0.6 is 12.4 Å². The molecule has 0 spiro atoms. The highest BCUT2D eigenvalue weighted by Gasteiger charge is 2.37. The minimum atomic E-state index is -3.42. The minimum Gasteiger partial charge on any atom is -0.427 e. The Balaban J connectivity index is 0.00000289. The van der Waals surface area contributed by atoms with E-state index in [9.17, 15) is 13.6 Å². The van der Waals surface area contributed by atoms with E-state index in [4.69, 9.17) is 15.6 Å². The van der Waals surface area contributed by atoms with Crippen LogP contribution in [0.15, 0.2) is 24.3 Å². The van der Waals surface area contributed by atoms with Crippen molar-refractivity contribution in [3.05, 3.63) is 29.8 Å². The number of halogens is 3. The van der Waals surface area contributed by atoms with E-state index in [-0.39, 0.29) is 23.7 Å². The third kappa shape index (κ3) is 4.21. The van der Waals surface area contributed by atoms with E-state index in [0.29, 0.717) is 0 Å². The van der Waals surface area contributed by atoms with Gasteiger partial charge in [-0.1, -0.05) is 12.1 Å². The molecule has 0 aromatic heterocycles. The summed E-state index contributed by atoms with van der Waals surface area (Å²) in [4.78, 5) is 10.7. The van der Waals surface area contributed by atoms with Gasteiger partial charge in [-0.2, -0.15) is 0 Å². The molecule has 0 aliphatic heterocycles. The molecule has 0 radical (unpaired) electrons. The molecule has 7 heteroatoms. The van der Waals surface area contributed by atoms with E-state index in [0.717, 1.165) is 0 Å². The zero-order valence-corrected chi connectivity index (χ0v) is 10.4. The topological polar surface area (TPSA) is 72.5 Å². The first-order valence-corrected chi connectivity index (χ1v) is 4.89. The lowest BCUT2D eigenvalue weighted by atomic mass is 10.0. The molecule has 1 aromatic carbocycles. The molecule has 0 aliphatic carbocycles. The van der Waals surface area contributed by atoms with Gasteiger partial charge in [0, 0.05) is 6.92 Å². The molecule has 0 aliphatic rings. The lowest BCUT2D eigenvalue weighted by Gasteiger charge is -2.21. The standard InChI is InChI=1S/C11H13F2NO3.ClH/c1-7(16)17-9-4-2-3-8(5-9)10(14)11(12,13)6-15;/h2-5,10,15H,6,14H2,1H3;1H/t10-;/m0./s1. The van der Waals surface area contributed by atoms with Crippen molar-refractivity contribution in [2.45, 2.75) is 18.9 Å². The first-order valence-electron chi connectivity index (χ1n) is 4.89. The molecule has 102 valence electrons. The summed E-state index contributed by atoms with van der Waals surface area (Å²) in [5, 5.41) is 8.53. The van der Waals surface area contributed by atoms with Crippen LogP contribution in [0.5, 0.6) is 5.75 Å². The first-order chi connectivity index (χ1) is 7.86. The second kappa shape index (κ2) is 6.63. The lowest BCUT2D eigenvalue weighted by Crippen LogP contribution is -2.36. The second-order valence-corrected chi connectivity index (χ2v) is 3.56. The number of carbonyl (C=O) groups is 1. The van der Waals surface area contributed by atoms with Gasteiger partial charge in [0.05, 0.1) is 6.04 Å². The highest BCUT2D eigenvalue weighted by molar-refractivity contribution is 5.85. The van der Waals surface area contributed by atoms with Crippen molar-refractivity contribution >= 4 is 18.4 Å². The SMILES string of the molecule is CC(=O)Oc1cccc([C@H](N)C(F)(F)CO)c1.Cl. The molecule has 0 unspecified atom stereocenters. The maximum atomic E-state index is 13.1. The molecular formula is C11H14ClF2NO3. The monoisotopic (exact) mass is 281 g/mol. The first kappa shape index (κ1) is 16.8. The normalized spacial score (nSPS) is 12.5. The number of esters is 1. The van der Waals surface area contributed by atoms with Crippen LogP contribution in [-0.4, -0.2) is 23.6 Å². The van der Waals surface area contributed by atoms with E-state index in [1.807, 2.05) is 0 Å². The number of hydrogen-bond donors (Lipinski definition) is 2. The fourth-order valence-corrected chi connectivity index (χ4v) is 1.28. The molecule has 0 heterocycles. The van der Waals surface area contributed by atoms with Crippen molar-refractivity contribution in [1.29, 1.82) is 0 Å². The Hall–Kier alpha value is -1.24. The van der Waals surface area contributed by atoms with Crippen LogP contribution in [0.4, 0.5) is 8.78 Å². The number of aliphatic hydroxyl groups is 1. The van der Waals surface area contributed by atoms with Gasteiger partial charge >= 0.3 is 5.97 Å². The largest absolute Gasteiger partial charge is 0.427 e. The molecule has 3 N–H and O–H groups in total. The number of benzene rings is 1. The Morgan fingerprint density at radius 2 is 2.17 bits per heavy atom. The van der Waals surface area contributed by atoms with Crippen molar-refractivity contribution in [2.75, 3.05) is 6.61 Å². The van der Waals surface area contributed by atoms with Crippen LogP contribution < -0.4 is 10.5 Å². The smallest absolute Gasteiger partial charge is 0.308 e. The maximum absolute atomic E-state index is 13.1. The van der Waals surface area contributed by atoms with Crippen LogP contribution in [0.25, 0.3) is 0 Å². The lowest BCUT2D eigenvalue weighted by molar-refractivity contribution is -0.131. The quantitative estimate of drug-likeness (QED) is 0.650. The van der Waals surface area contributed by atoms with Crippen molar-refractivity contribution in [2.24, 2.45) is 5.73 Å². The highest BCUT2D eigenvalue weighted by atomic mass is 35.5. The number of nitrogens with two attached hydrogens (primary N) is 1. The third-order valence-electron chi connectivity index (χ3n) is 2.14. The van der Waals surface area contributed by atoms with Gasteiger partial charge in [-0.15, -0.1) is 12.4 Å². The summed E-state index contributed by atoms with van der Waals surface area (Å²) in [5.41, 5.74) is 5.42. The summed E-state index contributed by atoms with van der Waals surface area (Å²) < 4.78 is 31.0. The maximum Gasteiger partial charge on any atom is 0.308 e. The molecule has 0 saturated heterocycles. The van der Waals surface area contributed by atoms with Gasteiger partial charge < -0.3 is 15.6 Å². The minimum absolute atomic E-state index is 0. The number of rotatable bonds is 4. The average Bonchev–Trinajstić information content (AvgIpc) is 2.27. The number of hydrogen-bond acceptors (Lipinski definition) is 4. The van der Waals surface area contributed by atoms with Crippen LogP contribution in [0.3, 0.4) is 0 Å². The molecule has 0 fully saturated rings. The van der Waals surface area contributed by atoms with Gasteiger partial charge in [-0.25, -0.2) is 8.78 Å². The zero-order chi connectivity index (χ0) is 13.1. The van der Waals surface area contributed by atoms with Crippen molar-refractivity contribution in [3.8, 4) is 5.75 Å². The zero-order valence-electron chi connectivity index (χ0n) is 9.60. The number of ether oxygens (including phenoxy) is 1. The van der Waals surface area contributed by atoms with Gasteiger partial charge in [0.2, 0.25) is 0 Å². The van der Waals surface area contributed by atoms with E-state index in [1.54, 1.807) is 0 Å². The summed E-state index contributed by atoms with van der Waals surface area (Å²) in [7, 11) is 0. The summed E-state index contributed by atoms with van der Waals surface area (Å²) in [6.07, 6.45) is 0. The van der Waals surface area contributed by atoms with Gasteiger partial charge in [-0.3, -0.25) is 4.79 Å². The third-order valence-corrected chi connectivity index (χ3v) is 2.14. The number of alkyl halides is 2. The van der Waals surface area contributed by atoms with E-state index in [1.165, 1.54) is 31.2 Å². The molecule has 0 amide bonds. The Kier molecular flexibility index (Phi) is 6.17. The van der Waals surface area contributed by atoms with Gasteiger partial charge in [0.1, 0.15) is 12.4 Å². The molecule has 0 bridgehead atoms. The van der Waals surface area contributed by atoms with E-state index < -0.39 is 24.5 Å². The molecule has 0 saturated carbocycles. The predicted molar refractivity (Wildman–Crippen MR) is 64.0 cm³/mol. The Labute approximate surface area is 109 Å². The Bertz CT molecular complexity index is 415. The van der Waals surface area contributed by atoms with Crippen molar-refractivity contribution in [3.63, 3.8) is 0 Å². The fourth-order valence-electron chi connectivity index (χ4n) is 1.28. The molecule has 1 aromatic rings. The predicted octanol–water partition coefficient (Wildman–Crippen LogP) is 1.66. The summed E-state index contributed by atoms with van der Waals surface area (Å²) in [6.45, 7) is -0.138. The molecule has 4 nitrogen and oxygen atoms in total. The van der Waals surface area contributed by atoms with Gasteiger partial charge in [0.15, 0.2) is 0 Å². The molecule has 1 atom stereocenters. The van der Waals surface area contributed by atoms with E-state index >= 15 is 0 Å². The Morgan fingerprint density at radius 1 is 1.56 bits per heavy atom. The average molecular weight is 282 g/mol. The molecule has 1 rings (SSSR count). The van der Waals surface area contributed by atoms with E-state index in [2.05, 4.69) is 0 Å². The number of aliphatic hydroxyl groups excluding tert-OH is 1. The Morgan fingerprint density at radius 3 is 2.67 bits per heavy atom. The summed E-state index contributed by atoms with van der Waals surface area (Å²) in [6, 6.07) is 3.87. The number of carbonyl (C=O) groups excluding carboxylic acids is 1. The van der Waals surface area contributed by atoms with Crippen LogP contribution in [-0.2, 0) is 4.79 Å². The fraction of sp³-hybridized carbons (Fsp3) is 0.364. The second-order valence-electron chi connectivity index (χ2n) is 3.56.